The van der Waals surface area contributed by atoms with Crippen molar-refractivity contribution in [1.29, 1.82) is 0 Å². The predicted molar refractivity (Wildman–Crippen MR) is 117 cm³/mol. The number of fused-ring (bicyclic) bond motifs is 1. The number of nitrogens with one attached hydrogen (secondary N) is 1. The zero-order chi connectivity index (χ0) is 20.5. The van der Waals surface area contributed by atoms with Crippen molar-refractivity contribution in [2.24, 2.45) is 0 Å². The Bertz CT molecular complexity index is 1170. The topological polar surface area (TPSA) is 58.2 Å². The van der Waals surface area contributed by atoms with E-state index in [9.17, 15) is 4.79 Å². The van der Waals surface area contributed by atoms with Crippen LogP contribution in [-0.2, 0) is 0 Å². The Balaban J connectivity index is 1.66. The molecule has 148 valence electrons. The molecule has 0 bridgehead atoms. The number of aromatic nitrogens is 2. The van der Waals surface area contributed by atoms with Gasteiger partial charge in [-0.3, -0.25) is 14.8 Å². The number of hydrogen-bond donors (Lipinski definition) is 1. The highest BCUT2D eigenvalue weighted by Gasteiger charge is 2.42. The third-order valence-corrected chi connectivity index (χ3v) is 5.36. The van der Waals surface area contributed by atoms with Crippen LogP contribution in [0.4, 0.5) is 5.69 Å². The smallest absolute Gasteiger partial charge is 0.277 e. The van der Waals surface area contributed by atoms with Gasteiger partial charge in [0.25, 0.3) is 5.91 Å². The van der Waals surface area contributed by atoms with Gasteiger partial charge in [-0.05, 0) is 48.9 Å². The Hall–Kier alpha value is -3.86. The van der Waals surface area contributed by atoms with Crippen LogP contribution in [0, 0.1) is 0 Å². The fraction of sp³-hybridized carbons (Fsp3) is 0.120. The fourth-order valence-electron chi connectivity index (χ4n) is 4.05. The molecule has 0 fully saturated rings. The van der Waals surface area contributed by atoms with E-state index in [4.69, 9.17) is 4.74 Å². The minimum atomic E-state index is -0.253. The van der Waals surface area contributed by atoms with Crippen LogP contribution in [0.2, 0.25) is 0 Å². The standard InChI is InChI=1S/C25H21N3O2/c1-2-30-20-15-13-17(14-16-20)22-21-23(27-26-22)25(29)28(19-11-7-4-8-12-19)24(21)18-9-5-3-6-10-18/h3-16,24H,2H2,1H3,(H,26,27). The molecular formula is C25H21N3O2. The van der Waals surface area contributed by atoms with Crippen LogP contribution in [0.25, 0.3) is 11.3 Å². The number of nitrogens with zero attached hydrogens (tertiary/aromatic N) is 2. The van der Waals surface area contributed by atoms with Crippen LogP contribution in [-0.4, -0.2) is 22.7 Å². The number of amides is 1. The lowest BCUT2D eigenvalue weighted by molar-refractivity contribution is 0.0989. The summed E-state index contributed by atoms with van der Waals surface area (Å²) in [5.74, 6) is 0.741. The molecule has 1 amide bonds. The van der Waals surface area contributed by atoms with Crippen LogP contribution >= 0.6 is 0 Å². The van der Waals surface area contributed by atoms with Crippen LogP contribution in [0.1, 0.15) is 34.6 Å². The molecule has 1 atom stereocenters. The molecule has 30 heavy (non-hydrogen) atoms. The minimum Gasteiger partial charge on any atom is -0.494 e. The molecule has 0 aliphatic carbocycles. The van der Waals surface area contributed by atoms with Crippen molar-refractivity contribution in [3.8, 4) is 17.0 Å². The number of carbonyl (C=O) groups excluding carboxylic acids is 1. The maximum absolute atomic E-state index is 13.4. The summed E-state index contributed by atoms with van der Waals surface area (Å²) in [7, 11) is 0. The Kier molecular flexibility index (Phi) is 4.56. The van der Waals surface area contributed by atoms with Crippen molar-refractivity contribution in [1.82, 2.24) is 10.2 Å². The van der Waals surface area contributed by atoms with Gasteiger partial charge in [-0.15, -0.1) is 0 Å². The van der Waals surface area contributed by atoms with Crippen molar-refractivity contribution in [3.05, 3.63) is 102 Å². The molecule has 2 heterocycles. The predicted octanol–water partition coefficient (Wildman–Crippen LogP) is 5.23. The van der Waals surface area contributed by atoms with Gasteiger partial charge in [0, 0.05) is 16.8 Å². The molecule has 3 aromatic carbocycles. The summed E-state index contributed by atoms with van der Waals surface area (Å²) in [4.78, 5) is 15.2. The van der Waals surface area contributed by atoms with E-state index in [1.807, 2.05) is 84.6 Å². The number of aromatic amines is 1. The molecule has 4 aromatic rings. The van der Waals surface area contributed by atoms with Gasteiger partial charge in [-0.2, -0.15) is 5.10 Å². The molecule has 1 N–H and O–H groups in total. The second kappa shape index (κ2) is 7.52. The van der Waals surface area contributed by atoms with Crippen molar-refractivity contribution in [3.63, 3.8) is 0 Å². The van der Waals surface area contributed by atoms with Gasteiger partial charge in [0.1, 0.15) is 11.4 Å². The van der Waals surface area contributed by atoms with Gasteiger partial charge in [0.05, 0.1) is 18.3 Å². The minimum absolute atomic E-state index is 0.0743. The van der Waals surface area contributed by atoms with Gasteiger partial charge in [-0.1, -0.05) is 48.5 Å². The highest BCUT2D eigenvalue weighted by atomic mass is 16.5. The van der Waals surface area contributed by atoms with Crippen molar-refractivity contribution in [2.75, 3.05) is 11.5 Å². The van der Waals surface area contributed by atoms with E-state index in [-0.39, 0.29) is 11.9 Å². The second-order valence-corrected chi connectivity index (χ2v) is 7.14. The van der Waals surface area contributed by atoms with Gasteiger partial charge < -0.3 is 4.74 Å². The van der Waals surface area contributed by atoms with Crippen LogP contribution < -0.4 is 9.64 Å². The number of ether oxygens (including phenoxy) is 1. The van der Waals surface area contributed by atoms with E-state index in [1.54, 1.807) is 0 Å². The summed E-state index contributed by atoms with van der Waals surface area (Å²) in [6.07, 6.45) is 0. The Morgan fingerprint density at radius 3 is 2.27 bits per heavy atom. The molecule has 1 aliphatic rings. The first-order valence-corrected chi connectivity index (χ1v) is 10.0. The third-order valence-electron chi connectivity index (χ3n) is 5.36. The third kappa shape index (κ3) is 2.95. The van der Waals surface area contributed by atoms with E-state index in [0.717, 1.165) is 33.8 Å². The highest BCUT2D eigenvalue weighted by molar-refractivity contribution is 6.11. The first-order valence-electron chi connectivity index (χ1n) is 10.0. The number of anilines is 1. The van der Waals surface area contributed by atoms with Gasteiger partial charge in [-0.25, -0.2) is 0 Å². The largest absolute Gasteiger partial charge is 0.494 e. The van der Waals surface area contributed by atoms with Crippen molar-refractivity contribution >= 4 is 11.6 Å². The summed E-state index contributed by atoms with van der Waals surface area (Å²) in [6.45, 7) is 2.58. The zero-order valence-corrected chi connectivity index (χ0v) is 16.6. The van der Waals surface area contributed by atoms with Crippen LogP contribution in [0.15, 0.2) is 84.9 Å². The molecule has 5 rings (SSSR count). The molecule has 1 aliphatic heterocycles. The quantitative estimate of drug-likeness (QED) is 0.504. The van der Waals surface area contributed by atoms with Gasteiger partial charge in [0.15, 0.2) is 0 Å². The lowest BCUT2D eigenvalue weighted by Gasteiger charge is -2.26. The number of H-pyrrole nitrogens is 1. The summed E-state index contributed by atoms with van der Waals surface area (Å²) in [5, 5.41) is 7.53. The van der Waals surface area contributed by atoms with E-state index in [1.165, 1.54) is 0 Å². The molecule has 1 aromatic heterocycles. The molecule has 0 radical (unpaired) electrons. The maximum atomic E-state index is 13.4. The van der Waals surface area contributed by atoms with E-state index in [0.29, 0.717) is 12.3 Å². The van der Waals surface area contributed by atoms with Crippen LogP contribution in [0.5, 0.6) is 5.75 Å². The lowest BCUT2D eigenvalue weighted by atomic mass is 9.96. The maximum Gasteiger partial charge on any atom is 0.277 e. The number of benzene rings is 3. The first kappa shape index (κ1) is 18.2. The Labute approximate surface area is 174 Å². The summed E-state index contributed by atoms with van der Waals surface area (Å²) < 4.78 is 5.56. The molecular weight excluding hydrogens is 374 g/mol. The SMILES string of the molecule is CCOc1ccc(-c2n[nH]c3c2C(c2ccccc2)N(c2ccccc2)C3=O)cc1. The number of para-hydroxylation sites is 1. The molecule has 0 saturated carbocycles. The normalized spacial score (nSPS) is 15.3. The molecule has 5 nitrogen and oxygen atoms in total. The monoisotopic (exact) mass is 395 g/mol. The van der Waals surface area contributed by atoms with Gasteiger partial charge in [0.2, 0.25) is 0 Å². The van der Waals surface area contributed by atoms with Crippen molar-refractivity contribution in [2.45, 2.75) is 13.0 Å². The Morgan fingerprint density at radius 1 is 0.933 bits per heavy atom. The number of carbonyl (C=O) groups is 1. The molecule has 5 heteroatoms. The van der Waals surface area contributed by atoms with Crippen LogP contribution in [0.3, 0.4) is 0 Å². The fourth-order valence-corrected chi connectivity index (χ4v) is 4.05. The summed E-state index contributed by atoms with van der Waals surface area (Å²) in [6, 6.07) is 27.4. The second-order valence-electron chi connectivity index (χ2n) is 7.14. The zero-order valence-electron chi connectivity index (χ0n) is 16.6. The average molecular weight is 395 g/mol. The van der Waals surface area contributed by atoms with E-state index < -0.39 is 0 Å². The molecule has 1 unspecified atom stereocenters. The number of hydrogen-bond acceptors (Lipinski definition) is 3. The van der Waals surface area contributed by atoms with E-state index in [2.05, 4.69) is 22.3 Å². The van der Waals surface area contributed by atoms with Crippen molar-refractivity contribution < 1.29 is 9.53 Å². The lowest BCUT2D eigenvalue weighted by Crippen LogP contribution is -2.29. The first-order chi connectivity index (χ1) is 14.8. The highest BCUT2D eigenvalue weighted by Crippen LogP contribution is 2.44. The Morgan fingerprint density at radius 2 is 1.60 bits per heavy atom. The summed E-state index contributed by atoms with van der Waals surface area (Å²) >= 11 is 0. The number of rotatable bonds is 5. The molecule has 0 spiro atoms. The summed E-state index contributed by atoms with van der Waals surface area (Å²) in [5.41, 5.74) is 5.07. The van der Waals surface area contributed by atoms with Gasteiger partial charge >= 0.3 is 0 Å². The average Bonchev–Trinajstić information content (AvgIpc) is 3.35. The molecule has 0 saturated heterocycles. The van der Waals surface area contributed by atoms with E-state index >= 15 is 0 Å².